The lowest BCUT2D eigenvalue weighted by Gasteiger charge is -2.42. The zero-order valence-electron chi connectivity index (χ0n) is 17.3. The highest BCUT2D eigenvalue weighted by Crippen LogP contribution is 2.48. The fourth-order valence-electron chi connectivity index (χ4n) is 3.81. The lowest BCUT2D eigenvalue weighted by atomic mass is 9.63. The lowest BCUT2D eigenvalue weighted by molar-refractivity contribution is 0.0526. The molecule has 0 aliphatic heterocycles. The molecule has 27 heavy (non-hydrogen) atoms. The maximum atomic E-state index is 11.8. The van der Waals surface area contributed by atoms with Gasteiger partial charge < -0.3 is 4.74 Å². The van der Waals surface area contributed by atoms with E-state index in [1.807, 2.05) is 31.2 Å². The topological polar surface area (TPSA) is 26.3 Å². The molecule has 144 valence electrons. The van der Waals surface area contributed by atoms with Crippen LogP contribution in [0.5, 0.6) is 0 Å². The molecule has 3 heteroatoms. The monoisotopic (exact) mass is 382 g/mol. The van der Waals surface area contributed by atoms with Gasteiger partial charge in [0, 0.05) is 9.79 Å². The van der Waals surface area contributed by atoms with Crippen LogP contribution in [0, 0.1) is 6.92 Å². The first-order valence-corrected chi connectivity index (χ1v) is 10.6. The molecule has 0 unspecified atom stereocenters. The van der Waals surface area contributed by atoms with E-state index in [1.54, 1.807) is 11.8 Å². The quantitative estimate of drug-likeness (QED) is 0.552. The number of hydrogen-bond donors (Lipinski definition) is 0. The number of esters is 1. The van der Waals surface area contributed by atoms with Gasteiger partial charge in [-0.1, -0.05) is 45.5 Å². The van der Waals surface area contributed by atoms with E-state index in [1.165, 1.54) is 34.4 Å². The second-order valence-corrected chi connectivity index (χ2v) is 9.89. The molecule has 2 aromatic rings. The van der Waals surface area contributed by atoms with Crippen molar-refractivity contribution >= 4 is 17.7 Å². The highest BCUT2D eigenvalue weighted by Gasteiger charge is 2.37. The van der Waals surface area contributed by atoms with E-state index in [0.29, 0.717) is 12.2 Å². The third kappa shape index (κ3) is 4.08. The molecular weight excluding hydrogens is 352 g/mol. The first-order chi connectivity index (χ1) is 12.6. The number of hydrogen-bond acceptors (Lipinski definition) is 3. The largest absolute Gasteiger partial charge is 0.462 e. The van der Waals surface area contributed by atoms with Crippen molar-refractivity contribution in [3.05, 3.63) is 58.7 Å². The Morgan fingerprint density at radius 1 is 1.00 bits per heavy atom. The summed E-state index contributed by atoms with van der Waals surface area (Å²) in [5.41, 5.74) is 5.35. The van der Waals surface area contributed by atoms with Crippen molar-refractivity contribution < 1.29 is 9.53 Å². The number of carbonyl (C=O) groups is 1. The second-order valence-electron chi connectivity index (χ2n) is 8.78. The van der Waals surface area contributed by atoms with Crippen molar-refractivity contribution in [3.8, 4) is 0 Å². The molecule has 0 amide bonds. The molecule has 2 nitrogen and oxygen atoms in total. The minimum Gasteiger partial charge on any atom is -0.462 e. The maximum Gasteiger partial charge on any atom is 0.338 e. The summed E-state index contributed by atoms with van der Waals surface area (Å²) >= 11 is 1.77. The predicted molar refractivity (Wildman–Crippen MR) is 113 cm³/mol. The second kappa shape index (κ2) is 7.35. The molecule has 1 aliphatic carbocycles. The van der Waals surface area contributed by atoms with Gasteiger partial charge in [-0.05, 0) is 84.5 Å². The van der Waals surface area contributed by atoms with Crippen LogP contribution in [-0.4, -0.2) is 12.6 Å². The van der Waals surface area contributed by atoms with Crippen molar-refractivity contribution in [2.45, 2.75) is 75.0 Å². The molecule has 0 spiro atoms. The first kappa shape index (κ1) is 20.0. The van der Waals surface area contributed by atoms with Gasteiger partial charge in [0.15, 0.2) is 0 Å². The van der Waals surface area contributed by atoms with E-state index in [4.69, 9.17) is 4.74 Å². The van der Waals surface area contributed by atoms with Crippen molar-refractivity contribution in [3.63, 3.8) is 0 Å². The average Bonchev–Trinajstić information content (AvgIpc) is 2.61. The SMILES string of the molecule is CCOC(=O)c1ccc(Sc2cc3c(cc2C)C(C)(C)CCC3(C)C)cc1. The molecule has 0 atom stereocenters. The van der Waals surface area contributed by atoms with Gasteiger partial charge in [-0.15, -0.1) is 0 Å². The Morgan fingerprint density at radius 3 is 2.11 bits per heavy atom. The number of rotatable bonds is 4. The fourth-order valence-corrected chi connectivity index (χ4v) is 4.74. The molecule has 0 radical (unpaired) electrons. The van der Waals surface area contributed by atoms with Gasteiger partial charge in [0.05, 0.1) is 12.2 Å². The Bertz CT molecular complexity index is 847. The maximum absolute atomic E-state index is 11.8. The van der Waals surface area contributed by atoms with Crippen molar-refractivity contribution in [2.75, 3.05) is 6.61 Å². The minimum absolute atomic E-state index is 0.210. The Labute approximate surface area is 167 Å². The van der Waals surface area contributed by atoms with Gasteiger partial charge in [0.25, 0.3) is 0 Å². The summed E-state index contributed by atoms with van der Waals surface area (Å²) in [6, 6.07) is 12.5. The molecule has 0 fully saturated rings. The van der Waals surface area contributed by atoms with Crippen LogP contribution in [0.15, 0.2) is 46.2 Å². The third-order valence-corrected chi connectivity index (χ3v) is 6.91. The minimum atomic E-state index is -0.261. The van der Waals surface area contributed by atoms with E-state index in [0.717, 1.165) is 4.90 Å². The van der Waals surface area contributed by atoms with E-state index < -0.39 is 0 Å². The van der Waals surface area contributed by atoms with Gasteiger partial charge in [0.1, 0.15) is 0 Å². The van der Waals surface area contributed by atoms with E-state index in [-0.39, 0.29) is 16.8 Å². The molecular formula is C24H30O2S. The van der Waals surface area contributed by atoms with E-state index in [2.05, 4.69) is 46.8 Å². The van der Waals surface area contributed by atoms with Crippen LogP contribution in [0.1, 0.15) is 74.5 Å². The number of aryl methyl sites for hydroxylation is 1. The smallest absolute Gasteiger partial charge is 0.338 e. The van der Waals surface area contributed by atoms with Gasteiger partial charge in [0.2, 0.25) is 0 Å². The number of fused-ring (bicyclic) bond motifs is 1. The Kier molecular flexibility index (Phi) is 5.45. The molecule has 2 aromatic carbocycles. The normalized spacial score (nSPS) is 17.3. The highest BCUT2D eigenvalue weighted by molar-refractivity contribution is 7.99. The number of carbonyl (C=O) groups excluding carboxylic acids is 1. The fraction of sp³-hybridized carbons (Fsp3) is 0.458. The highest BCUT2D eigenvalue weighted by atomic mass is 32.2. The zero-order chi connectivity index (χ0) is 19.8. The third-order valence-electron chi connectivity index (χ3n) is 5.74. The van der Waals surface area contributed by atoms with Crippen LogP contribution in [0.4, 0.5) is 0 Å². The summed E-state index contributed by atoms with van der Waals surface area (Å²) in [5.74, 6) is -0.261. The summed E-state index contributed by atoms with van der Waals surface area (Å²) in [4.78, 5) is 14.3. The molecule has 0 heterocycles. The summed E-state index contributed by atoms with van der Waals surface area (Å²) < 4.78 is 5.06. The van der Waals surface area contributed by atoms with Crippen molar-refractivity contribution in [1.82, 2.24) is 0 Å². The van der Waals surface area contributed by atoms with Gasteiger partial charge in [-0.25, -0.2) is 4.79 Å². The molecule has 1 aliphatic rings. The summed E-state index contributed by atoms with van der Waals surface area (Å²) in [6.45, 7) is 13.9. The molecule has 0 saturated carbocycles. The summed E-state index contributed by atoms with van der Waals surface area (Å²) in [6.07, 6.45) is 2.45. The Balaban J connectivity index is 1.91. The van der Waals surface area contributed by atoms with Crippen LogP contribution in [0.2, 0.25) is 0 Å². The standard InChI is InChI=1S/C24H30O2S/c1-7-26-22(25)17-8-10-18(11-9-17)27-21-15-20-19(14-16(21)2)23(3,4)12-13-24(20,5)6/h8-11,14-15H,7,12-13H2,1-6H3. The van der Waals surface area contributed by atoms with Crippen LogP contribution in [0.3, 0.4) is 0 Å². The molecule has 0 aromatic heterocycles. The van der Waals surface area contributed by atoms with Gasteiger partial charge >= 0.3 is 5.97 Å². The predicted octanol–water partition coefficient (Wildman–Crippen LogP) is 6.67. The van der Waals surface area contributed by atoms with Gasteiger partial charge in [-0.2, -0.15) is 0 Å². The molecule has 0 N–H and O–H groups in total. The van der Waals surface area contributed by atoms with Gasteiger partial charge in [-0.3, -0.25) is 0 Å². The molecule has 0 bridgehead atoms. The van der Waals surface area contributed by atoms with Crippen molar-refractivity contribution in [2.24, 2.45) is 0 Å². The Morgan fingerprint density at radius 2 is 1.56 bits per heavy atom. The molecule has 0 saturated heterocycles. The summed E-state index contributed by atoms with van der Waals surface area (Å²) in [5, 5.41) is 0. The van der Waals surface area contributed by atoms with E-state index in [9.17, 15) is 4.79 Å². The summed E-state index contributed by atoms with van der Waals surface area (Å²) in [7, 11) is 0. The van der Waals surface area contributed by atoms with E-state index >= 15 is 0 Å². The lowest BCUT2D eigenvalue weighted by Crippen LogP contribution is -2.34. The van der Waals surface area contributed by atoms with Crippen LogP contribution < -0.4 is 0 Å². The van der Waals surface area contributed by atoms with Crippen LogP contribution in [-0.2, 0) is 15.6 Å². The number of benzene rings is 2. The van der Waals surface area contributed by atoms with Crippen LogP contribution in [0.25, 0.3) is 0 Å². The van der Waals surface area contributed by atoms with Crippen molar-refractivity contribution in [1.29, 1.82) is 0 Å². The average molecular weight is 383 g/mol. The Hall–Kier alpha value is -1.74. The van der Waals surface area contributed by atoms with Crippen LogP contribution >= 0.6 is 11.8 Å². The number of ether oxygens (including phenoxy) is 1. The first-order valence-electron chi connectivity index (χ1n) is 9.75. The molecule has 3 rings (SSSR count). The zero-order valence-corrected chi connectivity index (χ0v) is 18.1.